The predicted molar refractivity (Wildman–Crippen MR) is 307 cm³/mol. The number of aliphatic hydroxyl groups excluding tert-OH is 12. The van der Waals surface area contributed by atoms with E-state index in [9.17, 15) is 90.0 Å². The largest absolute Gasteiger partial charge is 0.468 e. The molecule has 6 aliphatic heterocycles. The van der Waals surface area contributed by atoms with E-state index in [4.69, 9.17) is 71.1 Å². The lowest BCUT2D eigenvalue weighted by atomic mass is 9.83. The molecule has 3 saturated heterocycles. The Morgan fingerprint density at radius 3 is 1.15 bits per heavy atom. The molecule has 4 fully saturated rings. The highest BCUT2D eigenvalue weighted by Gasteiger charge is 2.52. The average Bonchev–Trinajstić information content (AvgIpc) is 0.882. The van der Waals surface area contributed by atoms with Gasteiger partial charge < -0.3 is 132 Å². The molecule has 0 aromatic rings. The van der Waals surface area contributed by atoms with E-state index in [0.29, 0.717) is 0 Å². The molecule has 528 valence electrons. The minimum atomic E-state index is -1.86. The van der Waals surface area contributed by atoms with Crippen molar-refractivity contribution < 1.29 is 161 Å². The van der Waals surface area contributed by atoms with E-state index in [1.54, 1.807) is 13.8 Å². The minimum absolute atomic E-state index is 0.0460. The summed E-state index contributed by atoms with van der Waals surface area (Å²) >= 11 is 0. The minimum Gasteiger partial charge on any atom is -0.468 e. The lowest BCUT2D eigenvalue weighted by molar-refractivity contribution is -0.327. The van der Waals surface area contributed by atoms with Gasteiger partial charge in [-0.05, 0) is 44.9 Å². The second-order valence-corrected chi connectivity index (χ2v) is 23.5. The second kappa shape index (κ2) is 33.7. The number of esters is 6. The summed E-state index contributed by atoms with van der Waals surface area (Å²) in [6, 6.07) is 0. The molecule has 0 aromatic carbocycles. The summed E-state index contributed by atoms with van der Waals surface area (Å²) in [5.41, 5.74) is -0.0660. The van der Waals surface area contributed by atoms with Crippen LogP contribution in [-0.4, -0.2) is 269 Å². The Morgan fingerprint density at radius 2 is 0.830 bits per heavy atom. The van der Waals surface area contributed by atoms with Gasteiger partial charge in [-0.25, -0.2) is 14.4 Å². The molecule has 1 saturated carbocycles. The zero-order valence-electron chi connectivity index (χ0n) is 52.8. The van der Waals surface area contributed by atoms with Crippen LogP contribution in [-0.2, 0) is 99.8 Å². The normalized spacial score (nSPS) is 39.1. The van der Waals surface area contributed by atoms with Crippen molar-refractivity contribution in [3.8, 4) is 0 Å². The molecule has 26 atom stereocenters. The standard InChI is InChI=1S/C61H86O33/c1-9-26-30(34(53(77)80-6)21-85-56(26)92-59-50(74)47(71)44(68)38(16-62)89-59)13-41(65)83-19-24(4)29-12-37(88-43(67)15-32-28(11-3)58(87-23-36(32)55(79)82-8)94-61-52(76)49(73)46(70)40(18-64)91-61)25(5)33(29)20-84-42(66)14-31-27(10-2)57(86-22-35(31)54(78)81-7)93-60-51(75)48(72)45(69)39(17-63)90-60/h9-11,21-25,29-33,37-40,44-52,56-64,68-76H,12-20H2,1-8H3. The number of hydrogen-bond donors (Lipinski definition) is 12. The molecule has 7 rings (SSSR count). The molecule has 33 heteroatoms. The second-order valence-electron chi connectivity index (χ2n) is 23.5. The number of rotatable bonds is 24. The molecule has 0 spiro atoms. The Labute approximate surface area is 539 Å². The van der Waals surface area contributed by atoms with Crippen LogP contribution in [0.25, 0.3) is 0 Å². The van der Waals surface area contributed by atoms with Crippen molar-refractivity contribution in [3.05, 3.63) is 70.5 Å². The van der Waals surface area contributed by atoms with Gasteiger partial charge in [0, 0.05) is 40.4 Å². The van der Waals surface area contributed by atoms with Gasteiger partial charge in [0.1, 0.15) is 79.4 Å². The predicted octanol–water partition coefficient (Wildman–Crippen LogP) is -3.56. The van der Waals surface area contributed by atoms with E-state index in [2.05, 4.69) is 0 Å². The monoisotopic (exact) mass is 1350 g/mol. The van der Waals surface area contributed by atoms with E-state index in [1.807, 2.05) is 0 Å². The zero-order valence-corrected chi connectivity index (χ0v) is 52.8. The highest BCUT2D eigenvalue weighted by molar-refractivity contribution is 5.92. The van der Waals surface area contributed by atoms with Crippen molar-refractivity contribution in [2.45, 2.75) is 177 Å². The van der Waals surface area contributed by atoms with Gasteiger partial charge >= 0.3 is 35.8 Å². The van der Waals surface area contributed by atoms with E-state index >= 15 is 0 Å². The van der Waals surface area contributed by atoms with Crippen LogP contribution in [0, 0.1) is 41.4 Å². The van der Waals surface area contributed by atoms with Gasteiger partial charge in [0.2, 0.25) is 18.9 Å². The molecule has 12 N–H and O–H groups in total. The van der Waals surface area contributed by atoms with Crippen LogP contribution >= 0.6 is 0 Å². The molecule has 0 bridgehead atoms. The number of carbonyl (C=O) groups excluding carboxylic acids is 6. The maximum atomic E-state index is 14.4. The van der Waals surface area contributed by atoms with E-state index in [-0.39, 0.29) is 53.1 Å². The Morgan fingerprint density at radius 1 is 0.500 bits per heavy atom. The van der Waals surface area contributed by atoms with Gasteiger partial charge in [-0.2, -0.15) is 0 Å². The molecule has 6 heterocycles. The Kier molecular flexibility index (Phi) is 27.0. The van der Waals surface area contributed by atoms with Gasteiger partial charge in [-0.3, -0.25) is 14.4 Å². The summed E-state index contributed by atoms with van der Waals surface area (Å²) in [6.07, 6.45) is -25.1. The fraction of sp³-hybridized carbons (Fsp3) is 0.705. The smallest absolute Gasteiger partial charge is 0.337 e. The summed E-state index contributed by atoms with van der Waals surface area (Å²) in [7, 11) is 3.28. The third-order valence-electron chi connectivity index (χ3n) is 18.1. The van der Waals surface area contributed by atoms with Gasteiger partial charge in [0.15, 0.2) is 18.9 Å². The van der Waals surface area contributed by atoms with E-state index < -0.39 is 233 Å². The number of aliphatic hydroxyl groups is 12. The molecule has 1 aliphatic carbocycles. The SMILES string of the molecule is CC=C1C(OC2OC(CO)C(O)C(O)C2O)OC=C(C(=O)OC)C1CC(=O)OCC(C)C1CC(OC(=O)CC2C(C(=O)OC)=COC(OC3OC(CO)C(O)C(O)C3O)C2=CC)C(C)C1COC(=O)CC1C(C(=O)OC)=COC(OC2OC(CO)C(O)C(O)C2O)C1=CC. The molecule has 26 unspecified atom stereocenters. The van der Waals surface area contributed by atoms with Crippen molar-refractivity contribution in [3.63, 3.8) is 0 Å². The number of carbonyl (C=O) groups is 6. The molecule has 0 amide bonds. The van der Waals surface area contributed by atoms with E-state index in [1.165, 1.54) is 39.0 Å². The van der Waals surface area contributed by atoms with Gasteiger partial charge in [0.05, 0.1) is 109 Å². The van der Waals surface area contributed by atoms with Crippen LogP contribution in [0.15, 0.2) is 70.5 Å². The van der Waals surface area contributed by atoms with Crippen molar-refractivity contribution in [1.29, 1.82) is 0 Å². The molecule has 0 aromatic heterocycles. The maximum absolute atomic E-state index is 14.4. The van der Waals surface area contributed by atoms with Crippen LogP contribution in [0.5, 0.6) is 0 Å². The molecule has 94 heavy (non-hydrogen) atoms. The van der Waals surface area contributed by atoms with Crippen LogP contribution in [0.2, 0.25) is 0 Å². The molecule has 7 aliphatic rings. The Bertz CT molecular complexity index is 2830. The lowest BCUT2D eigenvalue weighted by Gasteiger charge is -2.42. The van der Waals surface area contributed by atoms with Crippen LogP contribution in [0.3, 0.4) is 0 Å². The summed E-state index contributed by atoms with van der Waals surface area (Å²) in [4.78, 5) is 82.5. The van der Waals surface area contributed by atoms with Crippen LogP contribution < -0.4 is 0 Å². The molecule has 0 radical (unpaired) electrons. The topological polar surface area (TPSA) is 484 Å². The molecular weight excluding hydrogens is 1260 g/mol. The highest BCUT2D eigenvalue weighted by Crippen LogP contribution is 2.46. The fourth-order valence-electron chi connectivity index (χ4n) is 12.6. The fourth-order valence-corrected chi connectivity index (χ4v) is 12.6. The summed E-state index contributed by atoms with van der Waals surface area (Å²) in [5, 5.41) is 124. The van der Waals surface area contributed by atoms with Crippen molar-refractivity contribution in [2.75, 3.05) is 54.4 Å². The Hall–Kier alpha value is -6.06. The first-order valence-corrected chi connectivity index (χ1v) is 30.4. The van der Waals surface area contributed by atoms with Gasteiger partial charge in [-0.15, -0.1) is 0 Å². The van der Waals surface area contributed by atoms with Crippen molar-refractivity contribution >= 4 is 35.8 Å². The highest BCUT2D eigenvalue weighted by atomic mass is 16.8. The first kappa shape index (κ1) is 75.3. The summed E-state index contributed by atoms with van der Waals surface area (Å²) in [5.74, 6) is -11.5. The number of methoxy groups -OCH3 is 3. The first-order valence-electron chi connectivity index (χ1n) is 30.4. The lowest BCUT2D eigenvalue weighted by Crippen LogP contribution is -2.60. The number of hydrogen-bond acceptors (Lipinski definition) is 33. The van der Waals surface area contributed by atoms with Crippen LogP contribution in [0.1, 0.15) is 60.3 Å². The summed E-state index contributed by atoms with van der Waals surface area (Å²) in [6.45, 7) is 5.01. The zero-order chi connectivity index (χ0) is 69.2. The number of allylic oxidation sites excluding steroid dienone is 3. The maximum Gasteiger partial charge on any atom is 0.337 e. The molecule has 33 nitrogen and oxygen atoms in total. The quantitative estimate of drug-likeness (QED) is 0.0253. The van der Waals surface area contributed by atoms with Crippen molar-refractivity contribution in [2.24, 2.45) is 41.4 Å². The third kappa shape index (κ3) is 16.7. The third-order valence-corrected chi connectivity index (χ3v) is 18.1. The van der Waals surface area contributed by atoms with Crippen molar-refractivity contribution in [1.82, 2.24) is 0 Å². The van der Waals surface area contributed by atoms with Gasteiger partial charge in [-0.1, -0.05) is 32.1 Å². The average molecular weight is 1350 g/mol. The number of ether oxygens (including phenoxy) is 15. The van der Waals surface area contributed by atoms with Gasteiger partial charge in [0.25, 0.3) is 0 Å². The Balaban J connectivity index is 1.11. The summed E-state index contributed by atoms with van der Waals surface area (Å²) < 4.78 is 84.5. The van der Waals surface area contributed by atoms with E-state index in [0.717, 1.165) is 40.1 Å². The molecular formula is C61H86O33. The van der Waals surface area contributed by atoms with Crippen LogP contribution in [0.4, 0.5) is 0 Å². The first-order chi connectivity index (χ1) is 44.8.